The molecule has 8 nitrogen and oxygen atoms in total. The summed E-state index contributed by atoms with van der Waals surface area (Å²) in [6.45, 7) is 0.423. The van der Waals surface area contributed by atoms with E-state index >= 15 is 0 Å². The van der Waals surface area contributed by atoms with Crippen molar-refractivity contribution in [2.45, 2.75) is 12.5 Å². The van der Waals surface area contributed by atoms with Gasteiger partial charge in [-0.05, 0) is 35.9 Å². The first-order valence-electron chi connectivity index (χ1n) is 9.63. The van der Waals surface area contributed by atoms with E-state index in [2.05, 4.69) is 15.3 Å². The first-order valence-corrected chi connectivity index (χ1v) is 9.63. The zero-order chi connectivity index (χ0) is 22.0. The Labute approximate surface area is 178 Å². The highest BCUT2D eigenvalue weighted by molar-refractivity contribution is 6.01. The van der Waals surface area contributed by atoms with Gasteiger partial charge in [0.15, 0.2) is 0 Å². The highest BCUT2D eigenvalue weighted by Gasteiger charge is 2.34. The number of urea groups is 1. The van der Waals surface area contributed by atoms with Crippen LogP contribution in [0, 0.1) is 5.82 Å². The number of carbonyl (C=O) groups is 2. The van der Waals surface area contributed by atoms with E-state index in [0.29, 0.717) is 18.7 Å². The number of benzene rings is 2. The molecule has 0 aliphatic carbocycles. The molecule has 160 valence electrons. The van der Waals surface area contributed by atoms with E-state index in [1.165, 1.54) is 19.2 Å². The van der Waals surface area contributed by atoms with Gasteiger partial charge in [0.05, 0.1) is 37.5 Å². The first kappa shape index (κ1) is 20.4. The SMILES string of the molecule is COC(=O)c1cc(F)ccc1NC(=O)N1CCc2[nH]cnc2C1c1ccc(OC)cc1. The van der Waals surface area contributed by atoms with Gasteiger partial charge in [0, 0.05) is 18.7 Å². The van der Waals surface area contributed by atoms with Gasteiger partial charge in [-0.1, -0.05) is 12.1 Å². The van der Waals surface area contributed by atoms with Crippen LogP contribution in [0.25, 0.3) is 0 Å². The minimum atomic E-state index is -0.741. The smallest absolute Gasteiger partial charge is 0.340 e. The molecule has 1 atom stereocenters. The molecule has 31 heavy (non-hydrogen) atoms. The molecule has 9 heteroatoms. The zero-order valence-corrected chi connectivity index (χ0v) is 17.0. The van der Waals surface area contributed by atoms with Crippen LogP contribution in [-0.2, 0) is 11.2 Å². The number of imidazole rings is 1. The maximum Gasteiger partial charge on any atom is 0.340 e. The number of amides is 2. The number of hydrogen-bond acceptors (Lipinski definition) is 5. The van der Waals surface area contributed by atoms with Crippen molar-refractivity contribution in [1.82, 2.24) is 14.9 Å². The summed E-state index contributed by atoms with van der Waals surface area (Å²) in [6.07, 6.45) is 2.21. The Morgan fingerprint density at radius 2 is 1.97 bits per heavy atom. The van der Waals surface area contributed by atoms with Crippen LogP contribution in [0.5, 0.6) is 5.75 Å². The number of aromatic nitrogens is 2. The molecule has 0 fully saturated rings. The minimum Gasteiger partial charge on any atom is -0.497 e. The third kappa shape index (κ3) is 3.94. The second kappa shape index (κ2) is 8.47. The van der Waals surface area contributed by atoms with Gasteiger partial charge in [-0.3, -0.25) is 0 Å². The average molecular weight is 424 g/mol. The van der Waals surface area contributed by atoms with Crippen molar-refractivity contribution in [3.8, 4) is 5.75 Å². The largest absolute Gasteiger partial charge is 0.497 e. The highest BCUT2D eigenvalue weighted by Crippen LogP contribution is 2.34. The molecule has 0 bridgehead atoms. The van der Waals surface area contributed by atoms with Crippen molar-refractivity contribution in [3.05, 3.63) is 77.1 Å². The fourth-order valence-corrected chi connectivity index (χ4v) is 3.71. The molecule has 2 N–H and O–H groups in total. The Balaban J connectivity index is 1.67. The van der Waals surface area contributed by atoms with Crippen LogP contribution >= 0.6 is 0 Å². The van der Waals surface area contributed by atoms with Crippen LogP contribution in [0.1, 0.15) is 33.4 Å². The molecule has 0 saturated carbocycles. The minimum absolute atomic E-state index is 0.0608. The molecule has 0 radical (unpaired) electrons. The van der Waals surface area contributed by atoms with E-state index in [1.807, 2.05) is 24.3 Å². The average Bonchev–Trinajstić information content (AvgIpc) is 3.28. The third-order valence-electron chi connectivity index (χ3n) is 5.25. The molecule has 1 unspecified atom stereocenters. The fourth-order valence-electron chi connectivity index (χ4n) is 3.71. The Hall–Kier alpha value is -3.88. The summed E-state index contributed by atoms with van der Waals surface area (Å²) in [6, 6.07) is 10.1. The quantitative estimate of drug-likeness (QED) is 0.625. The summed E-state index contributed by atoms with van der Waals surface area (Å²) in [7, 11) is 2.78. The summed E-state index contributed by atoms with van der Waals surface area (Å²) in [4.78, 5) is 34.5. The molecular formula is C22H21FN4O4. The van der Waals surface area contributed by atoms with Crippen LogP contribution in [0.2, 0.25) is 0 Å². The van der Waals surface area contributed by atoms with Gasteiger partial charge in [0.2, 0.25) is 0 Å². The van der Waals surface area contributed by atoms with Gasteiger partial charge in [-0.2, -0.15) is 0 Å². The van der Waals surface area contributed by atoms with Gasteiger partial charge in [-0.15, -0.1) is 0 Å². The lowest BCUT2D eigenvalue weighted by atomic mass is 9.96. The number of esters is 1. The van der Waals surface area contributed by atoms with Crippen molar-refractivity contribution in [1.29, 1.82) is 0 Å². The molecule has 1 aliphatic rings. The standard InChI is InChI=1S/C22H21FN4O4/c1-30-15-6-3-13(4-7-15)20-19-18(24-12-25-19)9-10-27(20)22(29)26-17-8-5-14(23)11-16(17)21(28)31-2/h3-8,11-12,20H,9-10H2,1-2H3,(H,24,25)(H,26,29). The van der Waals surface area contributed by atoms with Gasteiger partial charge in [0.25, 0.3) is 0 Å². The number of nitrogens with zero attached hydrogens (tertiary/aromatic N) is 2. The summed E-state index contributed by atoms with van der Waals surface area (Å²) in [5.74, 6) is -0.643. The topological polar surface area (TPSA) is 96.6 Å². The molecule has 2 aromatic carbocycles. The predicted octanol–water partition coefficient (Wildman–Crippen LogP) is 3.52. The van der Waals surface area contributed by atoms with Gasteiger partial charge >= 0.3 is 12.0 Å². The molecule has 3 aromatic rings. The summed E-state index contributed by atoms with van der Waals surface area (Å²) >= 11 is 0. The molecule has 1 aromatic heterocycles. The van der Waals surface area contributed by atoms with E-state index in [-0.39, 0.29) is 11.3 Å². The molecule has 0 spiro atoms. The zero-order valence-electron chi connectivity index (χ0n) is 17.0. The fraction of sp³-hybridized carbons (Fsp3) is 0.227. The maximum absolute atomic E-state index is 13.7. The maximum atomic E-state index is 13.7. The van der Waals surface area contributed by atoms with Crippen LogP contribution < -0.4 is 10.1 Å². The first-order chi connectivity index (χ1) is 15.0. The van der Waals surface area contributed by atoms with Crippen molar-refractivity contribution >= 4 is 17.7 Å². The molecule has 2 amide bonds. The van der Waals surface area contributed by atoms with Crippen molar-refractivity contribution < 1.29 is 23.5 Å². The van der Waals surface area contributed by atoms with Crippen LogP contribution in [0.15, 0.2) is 48.8 Å². The van der Waals surface area contributed by atoms with E-state index in [9.17, 15) is 14.0 Å². The summed E-state index contributed by atoms with van der Waals surface area (Å²) in [5, 5.41) is 2.72. The van der Waals surface area contributed by atoms with Gasteiger partial charge in [0.1, 0.15) is 17.6 Å². The molecule has 1 aliphatic heterocycles. The van der Waals surface area contributed by atoms with Crippen LogP contribution in [-0.4, -0.2) is 47.6 Å². The Morgan fingerprint density at radius 3 is 2.68 bits per heavy atom. The molecular weight excluding hydrogens is 403 g/mol. The van der Waals surface area contributed by atoms with Gasteiger partial charge < -0.3 is 24.7 Å². The van der Waals surface area contributed by atoms with E-state index in [0.717, 1.165) is 23.0 Å². The van der Waals surface area contributed by atoms with Crippen molar-refractivity contribution in [2.75, 3.05) is 26.1 Å². The van der Waals surface area contributed by atoms with Crippen molar-refractivity contribution in [2.24, 2.45) is 0 Å². The lowest BCUT2D eigenvalue weighted by molar-refractivity contribution is 0.0601. The number of methoxy groups -OCH3 is 2. The predicted molar refractivity (Wildman–Crippen MR) is 111 cm³/mol. The van der Waals surface area contributed by atoms with Gasteiger partial charge in [-0.25, -0.2) is 19.0 Å². The molecule has 0 saturated heterocycles. The number of rotatable bonds is 4. The second-order valence-corrected chi connectivity index (χ2v) is 7.00. The number of carbonyl (C=O) groups excluding carboxylic acids is 2. The lowest BCUT2D eigenvalue weighted by Crippen LogP contribution is -2.43. The summed E-state index contributed by atoms with van der Waals surface area (Å²) in [5.41, 5.74) is 2.67. The lowest BCUT2D eigenvalue weighted by Gasteiger charge is -2.35. The van der Waals surface area contributed by atoms with E-state index in [1.54, 1.807) is 18.3 Å². The Bertz CT molecular complexity index is 1110. The van der Waals surface area contributed by atoms with Crippen LogP contribution in [0.3, 0.4) is 0 Å². The van der Waals surface area contributed by atoms with E-state index < -0.39 is 23.9 Å². The second-order valence-electron chi connectivity index (χ2n) is 7.00. The van der Waals surface area contributed by atoms with Crippen LogP contribution in [0.4, 0.5) is 14.9 Å². The number of aromatic amines is 1. The number of halogens is 1. The number of anilines is 1. The Morgan fingerprint density at radius 1 is 1.19 bits per heavy atom. The number of H-pyrrole nitrogens is 1. The Kier molecular flexibility index (Phi) is 5.57. The summed E-state index contributed by atoms with van der Waals surface area (Å²) < 4.78 is 23.6. The number of hydrogen-bond donors (Lipinski definition) is 2. The number of ether oxygens (including phenoxy) is 2. The number of nitrogens with one attached hydrogen (secondary N) is 2. The molecule has 4 rings (SSSR count). The van der Waals surface area contributed by atoms with E-state index in [4.69, 9.17) is 9.47 Å². The highest BCUT2D eigenvalue weighted by atomic mass is 19.1. The monoisotopic (exact) mass is 424 g/mol. The third-order valence-corrected chi connectivity index (χ3v) is 5.25. The number of fused-ring (bicyclic) bond motifs is 1. The van der Waals surface area contributed by atoms with Crippen molar-refractivity contribution in [3.63, 3.8) is 0 Å². The molecule has 2 heterocycles. The normalized spacial score (nSPS) is 15.2.